The van der Waals surface area contributed by atoms with Gasteiger partial charge in [0.1, 0.15) is 0 Å². The first-order valence-electron chi connectivity index (χ1n) is 11.0. The number of anilines is 1. The van der Waals surface area contributed by atoms with E-state index in [1.54, 1.807) is 14.2 Å². The topological polar surface area (TPSA) is 55.8 Å². The van der Waals surface area contributed by atoms with Crippen molar-refractivity contribution in [1.29, 1.82) is 0 Å². The molecular weight excluding hydrogens is 402 g/mol. The number of para-hydroxylation sites is 2. The summed E-state index contributed by atoms with van der Waals surface area (Å²) in [6.45, 7) is 8.22. The Labute approximate surface area is 190 Å². The molecule has 2 aromatic rings. The van der Waals surface area contributed by atoms with Crippen LogP contribution in [-0.4, -0.2) is 25.9 Å². The van der Waals surface area contributed by atoms with Crippen molar-refractivity contribution in [3.63, 3.8) is 0 Å². The Morgan fingerprint density at radius 1 is 0.938 bits per heavy atom. The molecule has 5 heteroatoms. The van der Waals surface area contributed by atoms with Crippen LogP contribution in [0.2, 0.25) is 0 Å². The van der Waals surface area contributed by atoms with Crippen LogP contribution in [0, 0.1) is 19.3 Å². The van der Waals surface area contributed by atoms with Crippen LogP contribution < -0.4 is 14.4 Å². The Kier molecular flexibility index (Phi) is 5.61. The number of carbonyl (C=O) groups excluding carboxylic acids is 2. The van der Waals surface area contributed by atoms with Crippen molar-refractivity contribution in [2.24, 2.45) is 5.41 Å². The van der Waals surface area contributed by atoms with Crippen molar-refractivity contribution in [3.8, 4) is 11.5 Å². The quantitative estimate of drug-likeness (QED) is 0.640. The molecule has 0 N–H and O–H groups in total. The number of hydrogen-bond acceptors (Lipinski definition) is 4. The maximum absolute atomic E-state index is 13.7. The van der Waals surface area contributed by atoms with Crippen molar-refractivity contribution in [2.45, 2.75) is 52.9 Å². The van der Waals surface area contributed by atoms with Crippen LogP contribution in [0.4, 0.5) is 5.69 Å². The minimum atomic E-state index is -0.355. The fourth-order valence-electron chi connectivity index (χ4n) is 5.29. The molecule has 1 atom stereocenters. The Bertz CT molecular complexity index is 1110. The van der Waals surface area contributed by atoms with E-state index in [1.165, 1.54) is 0 Å². The largest absolute Gasteiger partial charge is 0.493 e. The zero-order chi connectivity index (χ0) is 23.2. The zero-order valence-corrected chi connectivity index (χ0v) is 19.7. The number of ketones is 1. The third kappa shape index (κ3) is 3.60. The van der Waals surface area contributed by atoms with E-state index in [-0.39, 0.29) is 29.4 Å². The van der Waals surface area contributed by atoms with Gasteiger partial charge in [0.25, 0.3) is 0 Å². The second-order valence-corrected chi connectivity index (χ2v) is 9.61. The van der Waals surface area contributed by atoms with Gasteiger partial charge < -0.3 is 9.47 Å². The molecule has 1 amide bonds. The summed E-state index contributed by atoms with van der Waals surface area (Å²) in [5.41, 5.74) is 5.11. The minimum Gasteiger partial charge on any atom is -0.493 e. The molecule has 32 heavy (non-hydrogen) atoms. The number of nitrogens with zero attached hydrogens (tertiary/aromatic N) is 1. The predicted molar refractivity (Wildman–Crippen MR) is 125 cm³/mol. The van der Waals surface area contributed by atoms with E-state index in [4.69, 9.17) is 9.47 Å². The number of allylic oxidation sites excluding steroid dienone is 2. The van der Waals surface area contributed by atoms with Crippen molar-refractivity contribution >= 4 is 17.4 Å². The number of methoxy groups -OCH3 is 2. The van der Waals surface area contributed by atoms with E-state index >= 15 is 0 Å². The normalized spacial score (nSPS) is 20.3. The molecule has 1 aliphatic heterocycles. The lowest BCUT2D eigenvalue weighted by Gasteiger charge is -2.43. The van der Waals surface area contributed by atoms with Crippen LogP contribution in [0.3, 0.4) is 0 Å². The fraction of sp³-hybridized carbons (Fsp3) is 0.407. The molecule has 0 radical (unpaired) electrons. The predicted octanol–water partition coefficient (Wildman–Crippen LogP) is 5.48. The number of carbonyl (C=O) groups is 2. The summed E-state index contributed by atoms with van der Waals surface area (Å²) < 4.78 is 11.2. The van der Waals surface area contributed by atoms with Gasteiger partial charge in [0.2, 0.25) is 5.91 Å². The highest BCUT2D eigenvalue weighted by molar-refractivity contribution is 6.08. The number of benzene rings is 2. The first-order valence-corrected chi connectivity index (χ1v) is 11.0. The second-order valence-electron chi connectivity index (χ2n) is 9.61. The summed E-state index contributed by atoms with van der Waals surface area (Å²) in [6, 6.07) is 11.7. The number of Topliss-reactive ketones (excluding diaryl/α,β-unsaturated/α-hetero) is 1. The number of aryl methyl sites for hydroxylation is 2. The van der Waals surface area contributed by atoms with Crippen molar-refractivity contribution in [3.05, 3.63) is 64.4 Å². The van der Waals surface area contributed by atoms with Crippen LogP contribution in [0.5, 0.6) is 11.5 Å². The van der Waals surface area contributed by atoms with E-state index < -0.39 is 0 Å². The van der Waals surface area contributed by atoms with Crippen LogP contribution >= 0.6 is 0 Å². The Morgan fingerprint density at radius 2 is 1.59 bits per heavy atom. The average molecular weight is 434 g/mol. The molecule has 0 bridgehead atoms. The summed E-state index contributed by atoms with van der Waals surface area (Å²) >= 11 is 0. The molecule has 0 spiro atoms. The lowest BCUT2D eigenvalue weighted by atomic mass is 9.69. The molecular formula is C27H31NO4. The first-order chi connectivity index (χ1) is 15.2. The molecule has 2 aromatic carbocycles. The molecule has 1 unspecified atom stereocenters. The van der Waals surface area contributed by atoms with Gasteiger partial charge in [-0.15, -0.1) is 0 Å². The van der Waals surface area contributed by atoms with Gasteiger partial charge in [-0.25, -0.2) is 0 Å². The molecule has 0 aromatic heterocycles. The number of hydrogen-bond donors (Lipinski definition) is 0. The lowest BCUT2D eigenvalue weighted by Crippen LogP contribution is -2.44. The van der Waals surface area contributed by atoms with Crippen LogP contribution in [0.15, 0.2) is 47.7 Å². The van der Waals surface area contributed by atoms with Crippen LogP contribution in [-0.2, 0) is 9.59 Å². The van der Waals surface area contributed by atoms with Gasteiger partial charge in [0.15, 0.2) is 17.3 Å². The molecule has 1 aliphatic carbocycles. The fourth-order valence-corrected chi connectivity index (χ4v) is 5.29. The number of ether oxygens (including phenoxy) is 2. The van der Waals surface area contributed by atoms with Gasteiger partial charge in [-0.1, -0.05) is 44.2 Å². The second kappa shape index (κ2) is 8.12. The van der Waals surface area contributed by atoms with Gasteiger partial charge in [0.05, 0.1) is 19.9 Å². The van der Waals surface area contributed by atoms with Gasteiger partial charge >= 0.3 is 0 Å². The van der Waals surface area contributed by atoms with E-state index in [1.807, 2.05) is 55.1 Å². The highest BCUT2D eigenvalue weighted by Crippen LogP contribution is 2.51. The van der Waals surface area contributed by atoms with Crippen molar-refractivity contribution < 1.29 is 19.1 Å². The average Bonchev–Trinajstić information content (AvgIpc) is 2.73. The first kappa shape index (κ1) is 22.1. The van der Waals surface area contributed by atoms with Crippen LogP contribution in [0.25, 0.3) is 0 Å². The molecule has 1 heterocycles. The standard InChI is InChI=1S/C27H31NO4/c1-16-9-7-10-17(2)25(16)28-20-14-27(3,4)15-21(29)24(20)19(13-23(28)30)18-11-8-12-22(31-5)26(18)32-6/h7-12,19H,13-15H2,1-6H3. The SMILES string of the molecule is COc1cccc(C2CC(=O)N(c3c(C)cccc3C)C3=C2C(=O)CC(C)(C)C3)c1OC. The Balaban J connectivity index is 1.98. The third-order valence-corrected chi connectivity index (χ3v) is 6.61. The van der Waals surface area contributed by atoms with E-state index in [0.717, 1.165) is 33.6 Å². The molecule has 0 saturated heterocycles. The Morgan fingerprint density at radius 3 is 2.22 bits per heavy atom. The monoisotopic (exact) mass is 433 g/mol. The van der Waals surface area contributed by atoms with Gasteiger partial charge in [0, 0.05) is 35.6 Å². The zero-order valence-electron chi connectivity index (χ0n) is 19.7. The summed E-state index contributed by atoms with van der Waals surface area (Å²) in [5, 5.41) is 0. The summed E-state index contributed by atoms with van der Waals surface area (Å²) in [4.78, 5) is 29.1. The van der Waals surface area contributed by atoms with E-state index in [2.05, 4.69) is 13.8 Å². The number of amides is 1. The van der Waals surface area contributed by atoms with Gasteiger partial charge in [-0.3, -0.25) is 14.5 Å². The van der Waals surface area contributed by atoms with Gasteiger partial charge in [-0.2, -0.15) is 0 Å². The molecule has 168 valence electrons. The third-order valence-electron chi connectivity index (χ3n) is 6.61. The number of rotatable bonds is 4. The van der Waals surface area contributed by atoms with Crippen molar-refractivity contribution in [1.82, 2.24) is 0 Å². The summed E-state index contributed by atoms with van der Waals surface area (Å²) in [5.74, 6) is 0.932. The van der Waals surface area contributed by atoms with Gasteiger partial charge in [-0.05, 0) is 42.9 Å². The van der Waals surface area contributed by atoms with Crippen LogP contribution in [0.1, 0.15) is 55.7 Å². The molecule has 2 aliphatic rings. The summed E-state index contributed by atoms with van der Waals surface area (Å²) in [7, 11) is 3.19. The van der Waals surface area contributed by atoms with E-state index in [9.17, 15) is 9.59 Å². The molecule has 0 saturated carbocycles. The maximum atomic E-state index is 13.7. The highest BCUT2D eigenvalue weighted by atomic mass is 16.5. The minimum absolute atomic E-state index is 0.00141. The maximum Gasteiger partial charge on any atom is 0.232 e. The lowest BCUT2D eigenvalue weighted by molar-refractivity contribution is -0.121. The smallest absolute Gasteiger partial charge is 0.232 e. The Hall–Kier alpha value is -3.08. The molecule has 0 fully saturated rings. The highest BCUT2D eigenvalue weighted by Gasteiger charge is 2.45. The summed E-state index contributed by atoms with van der Waals surface area (Å²) in [6.07, 6.45) is 1.34. The molecule has 5 nitrogen and oxygen atoms in total. The van der Waals surface area contributed by atoms with Crippen molar-refractivity contribution in [2.75, 3.05) is 19.1 Å². The van der Waals surface area contributed by atoms with E-state index in [0.29, 0.717) is 24.3 Å². The molecule has 4 rings (SSSR count).